The number of nitro groups is 1. The summed E-state index contributed by atoms with van der Waals surface area (Å²) in [7, 11) is 0. The molecule has 0 aliphatic heterocycles. The van der Waals surface area contributed by atoms with Crippen LogP contribution in [-0.2, 0) is 4.74 Å². The number of carbonyl (C=O) groups excluding carboxylic acids is 1. The van der Waals surface area contributed by atoms with Gasteiger partial charge >= 0.3 is 6.09 Å². The summed E-state index contributed by atoms with van der Waals surface area (Å²) < 4.78 is 5.19. The fourth-order valence-electron chi connectivity index (χ4n) is 2.00. The van der Waals surface area contributed by atoms with Crippen LogP contribution < -0.4 is 5.32 Å². The fraction of sp³-hybridized carbons (Fsp3) is 0.533. The van der Waals surface area contributed by atoms with Crippen molar-refractivity contribution in [3.05, 3.63) is 46.0 Å². The molecule has 1 aromatic rings. The van der Waals surface area contributed by atoms with Crippen molar-refractivity contribution in [2.24, 2.45) is 0 Å². The number of rotatable bonds is 5. The van der Waals surface area contributed by atoms with Crippen LogP contribution in [-0.4, -0.2) is 22.7 Å². The summed E-state index contributed by atoms with van der Waals surface area (Å²) >= 11 is 0. The van der Waals surface area contributed by atoms with Crippen molar-refractivity contribution in [2.45, 2.75) is 51.8 Å². The molecule has 1 amide bonds. The van der Waals surface area contributed by atoms with E-state index in [1.807, 2.05) is 6.07 Å². The van der Waals surface area contributed by atoms with Crippen molar-refractivity contribution in [1.29, 1.82) is 0 Å². The lowest BCUT2D eigenvalue weighted by atomic mass is 9.98. The van der Waals surface area contributed by atoms with Gasteiger partial charge in [-0.3, -0.25) is 10.1 Å². The number of nitrogens with zero attached hydrogens (tertiary/aromatic N) is 1. The molecular formula is C15H22N2O4. The minimum Gasteiger partial charge on any atom is -0.444 e. The molecule has 0 saturated heterocycles. The van der Waals surface area contributed by atoms with Crippen LogP contribution in [0.25, 0.3) is 0 Å². The lowest BCUT2D eigenvalue weighted by Gasteiger charge is -2.25. The van der Waals surface area contributed by atoms with E-state index < -0.39 is 23.8 Å². The van der Waals surface area contributed by atoms with Gasteiger partial charge in [-0.1, -0.05) is 37.3 Å². The predicted molar refractivity (Wildman–Crippen MR) is 79.6 cm³/mol. The Bertz CT molecular complexity index is 482. The molecule has 21 heavy (non-hydrogen) atoms. The Hall–Kier alpha value is -2.11. The molecule has 0 unspecified atom stereocenters. The summed E-state index contributed by atoms with van der Waals surface area (Å²) in [5.41, 5.74) is 0.0358. The maximum Gasteiger partial charge on any atom is 0.408 e. The molecule has 0 aliphatic carbocycles. The zero-order valence-corrected chi connectivity index (χ0v) is 12.8. The summed E-state index contributed by atoms with van der Waals surface area (Å²) in [5, 5.41) is 13.8. The Balaban J connectivity index is 2.98. The first-order chi connectivity index (χ1) is 9.74. The van der Waals surface area contributed by atoms with Gasteiger partial charge in [-0.05, 0) is 26.3 Å². The lowest BCUT2D eigenvalue weighted by Crippen LogP contribution is -2.42. The smallest absolute Gasteiger partial charge is 0.408 e. The number of ether oxygens (including phenoxy) is 1. The second-order valence-corrected chi connectivity index (χ2v) is 5.80. The molecule has 1 N–H and O–H groups in total. The van der Waals surface area contributed by atoms with Crippen LogP contribution in [0.3, 0.4) is 0 Å². The third-order valence-corrected chi connectivity index (χ3v) is 2.90. The highest BCUT2D eigenvalue weighted by molar-refractivity contribution is 5.68. The van der Waals surface area contributed by atoms with E-state index >= 15 is 0 Å². The normalized spacial score (nSPS) is 14.1. The fourth-order valence-corrected chi connectivity index (χ4v) is 2.00. The summed E-state index contributed by atoms with van der Waals surface area (Å²) in [5.74, 6) is 0. The first kappa shape index (κ1) is 16.9. The van der Waals surface area contributed by atoms with E-state index in [-0.39, 0.29) is 4.92 Å². The van der Waals surface area contributed by atoms with Crippen molar-refractivity contribution in [3.63, 3.8) is 0 Å². The minimum absolute atomic E-state index is 0.308. The standard InChI is InChI=1S/C15H22N2O4/c1-5-12(17(19)20)13(11-9-7-6-8-10-11)16-14(18)21-15(2,3)4/h6-10,12-13H,5H2,1-4H3,(H,16,18)/t12-,13-/m1/s1. The quantitative estimate of drug-likeness (QED) is 0.667. The number of carbonyl (C=O) groups is 1. The highest BCUT2D eigenvalue weighted by atomic mass is 16.6. The van der Waals surface area contributed by atoms with Crippen molar-refractivity contribution in [1.82, 2.24) is 5.32 Å². The van der Waals surface area contributed by atoms with Crippen LogP contribution in [0.1, 0.15) is 45.7 Å². The van der Waals surface area contributed by atoms with Gasteiger partial charge in [0.2, 0.25) is 6.04 Å². The number of amides is 1. The summed E-state index contributed by atoms with van der Waals surface area (Å²) in [6.07, 6.45) is -0.348. The number of alkyl carbamates (subject to hydrolysis) is 1. The van der Waals surface area contributed by atoms with Gasteiger partial charge in [-0.25, -0.2) is 4.79 Å². The van der Waals surface area contributed by atoms with E-state index in [1.54, 1.807) is 52.0 Å². The number of nitrogens with one attached hydrogen (secondary N) is 1. The molecule has 0 radical (unpaired) electrons. The van der Waals surface area contributed by atoms with Crippen LogP contribution in [0.15, 0.2) is 30.3 Å². The molecule has 0 aliphatic rings. The molecule has 6 nitrogen and oxygen atoms in total. The van der Waals surface area contributed by atoms with Gasteiger partial charge in [0.25, 0.3) is 0 Å². The summed E-state index contributed by atoms with van der Waals surface area (Å²) in [6.45, 7) is 6.96. The second kappa shape index (κ2) is 7.06. The van der Waals surface area contributed by atoms with Crippen molar-refractivity contribution in [2.75, 3.05) is 0 Å². The number of hydrogen-bond acceptors (Lipinski definition) is 4. The van der Waals surface area contributed by atoms with Crippen molar-refractivity contribution < 1.29 is 14.5 Å². The van der Waals surface area contributed by atoms with E-state index in [0.717, 1.165) is 0 Å². The Morgan fingerprint density at radius 3 is 2.33 bits per heavy atom. The largest absolute Gasteiger partial charge is 0.444 e. The molecule has 0 spiro atoms. The SMILES string of the molecule is CC[C@H]([C@H](NC(=O)OC(C)(C)C)c1ccccc1)[N+](=O)[O-]. The molecule has 0 heterocycles. The second-order valence-electron chi connectivity index (χ2n) is 5.80. The molecule has 0 fully saturated rings. The van der Waals surface area contributed by atoms with Crippen LogP contribution in [0.5, 0.6) is 0 Å². The third-order valence-electron chi connectivity index (χ3n) is 2.90. The molecule has 2 atom stereocenters. The highest BCUT2D eigenvalue weighted by Crippen LogP contribution is 2.22. The molecule has 6 heteroatoms. The first-order valence-corrected chi connectivity index (χ1v) is 6.92. The molecule has 0 aromatic heterocycles. The number of benzene rings is 1. The van der Waals surface area contributed by atoms with Crippen LogP contribution in [0, 0.1) is 10.1 Å². The topological polar surface area (TPSA) is 81.5 Å². The Labute approximate surface area is 124 Å². The summed E-state index contributed by atoms with van der Waals surface area (Å²) in [4.78, 5) is 22.8. The average Bonchev–Trinajstić information content (AvgIpc) is 2.37. The van der Waals surface area contributed by atoms with Gasteiger partial charge in [0.15, 0.2) is 0 Å². The van der Waals surface area contributed by atoms with Crippen LogP contribution in [0.2, 0.25) is 0 Å². The van der Waals surface area contributed by atoms with Crippen LogP contribution >= 0.6 is 0 Å². The monoisotopic (exact) mass is 294 g/mol. The maximum atomic E-state index is 11.9. The van der Waals surface area contributed by atoms with Gasteiger partial charge in [0, 0.05) is 11.3 Å². The molecular weight excluding hydrogens is 272 g/mol. The van der Waals surface area contributed by atoms with Gasteiger partial charge in [-0.2, -0.15) is 0 Å². The van der Waals surface area contributed by atoms with Crippen molar-refractivity contribution in [3.8, 4) is 0 Å². The van der Waals surface area contributed by atoms with E-state index in [2.05, 4.69) is 5.32 Å². The Kier molecular flexibility index (Phi) is 5.69. The Morgan fingerprint density at radius 2 is 1.90 bits per heavy atom. The van der Waals surface area contributed by atoms with E-state index in [1.165, 1.54) is 0 Å². The predicted octanol–water partition coefficient (Wildman–Crippen LogP) is 3.31. The van der Waals surface area contributed by atoms with E-state index in [9.17, 15) is 14.9 Å². The first-order valence-electron chi connectivity index (χ1n) is 6.92. The molecule has 116 valence electrons. The molecule has 0 bridgehead atoms. The zero-order valence-electron chi connectivity index (χ0n) is 12.8. The van der Waals surface area contributed by atoms with Gasteiger partial charge in [0.1, 0.15) is 11.6 Å². The average molecular weight is 294 g/mol. The van der Waals surface area contributed by atoms with Crippen molar-refractivity contribution >= 4 is 6.09 Å². The molecule has 0 saturated carbocycles. The van der Waals surface area contributed by atoms with E-state index in [4.69, 9.17) is 4.74 Å². The maximum absolute atomic E-state index is 11.9. The van der Waals surface area contributed by atoms with Gasteiger partial charge < -0.3 is 10.1 Å². The molecule has 1 rings (SSSR count). The number of hydrogen-bond donors (Lipinski definition) is 1. The minimum atomic E-state index is -0.903. The molecule has 1 aromatic carbocycles. The van der Waals surface area contributed by atoms with E-state index in [0.29, 0.717) is 12.0 Å². The lowest BCUT2D eigenvalue weighted by molar-refractivity contribution is -0.528. The van der Waals surface area contributed by atoms with Gasteiger partial charge in [0.05, 0.1) is 0 Å². The van der Waals surface area contributed by atoms with Gasteiger partial charge in [-0.15, -0.1) is 0 Å². The zero-order chi connectivity index (χ0) is 16.0. The Morgan fingerprint density at radius 1 is 1.33 bits per heavy atom. The van der Waals surface area contributed by atoms with Crippen LogP contribution in [0.4, 0.5) is 4.79 Å². The summed E-state index contributed by atoms with van der Waals surface area (Å²) in [6, 6.07) is 7.28. The third kappa shape index (κ3) is 5.41. The highest BCUT2D eigenvalue weighted by Gasteiger charge is 2.33.